The van der Waals surface area contributed by atoms with E-state index in [2.05, 4.69) is 15.4 Å². The van der Waals surface area contributed by atoms with Gasteiger partial charge >= 0.3 is 0 Å². The Balaban J connectivity index is 1.27. The third-order valence-corrected chi connectivity index (χ3v) is 6.24. The predicted octanol–water partition coefficient (Wildman–Crippen LogP) is 2.65. The molecule has 0 spiro atoms. The highest BCUT2D eigenvalue weighted by molar-refractivity contribution is 6.03. The van der Waals surface area contributed by atoms with E-state index < -0.39 is 11.9 Å². The van der Waals surface area contributed by atoms with Crippen LogP contribution in [0.15, 0.2) is 59.1 Å². The van der Waals surface area contributed by atoms with E-state index in [4.69, 9.17) is 14.0 Å². The number of nitrogens with one attached hydrogen (secondary N) is 1. The van der Waals surface area contributed by atoms with Gasteiger partial charge in [-0.15, -0.1) is 0 Å². The number of hydrogen-bond acceptors (Lipinski definition) is 7. The number of carbonyl (C=O) groups is 2. The number of rotatable bonds is 5. The van der Waals surface area contributed by atoms with Crippen molar-refractivity contribution in [2.45, 2.75) is 18.9 Å². The highest BCUT2D eigenvalue weighted by Gasteiger charge is 2.32. The van der Waals surface area contributed by atoms with Gasteiger partial charge in [-0.3, -0.25) is 9.59 Å². The molecule has 0 unspecified atom stereocenters. The van der Waals surface area contributed by atoms with Crippen molar-refractivity contribution >= 4 is 23.2 Å². The Morgan fingerprint density at radius 2 is 1.97 bits per heavy atom. The summed E-state index contributed by atoms with van der Waals surface area (Å²) in [5.41, 5.74) is 2.85. The highest BCUT2D eigenvalue weighted by atomic mass is 16.5. The SMILES string of the molecule is CN1C(=O)[C@@H](NC(=O)c2cc(Cc3ccccc3)on2)COc2ccc(N3CCCOCC3)cc21. The molecule has 5 rings (SSSR count). The third-order valence-electron chi connectivity index (χ3n) is 6.24. The summed E-state index contributed by atoms with van der Waals surface area (Å²) in [4.78, 5) is 29.8. The first-order valence-corrected chi connectivity index (χ1v) is 11.8. The lowest BCUT2D eigenvalue weighted by molar-refractivity contribution is -0.120. The van der Waals surface area contributed by atoms with Gasteiger partial charge in [-0.1, -0.05) is 35.5 Å². The zero-order chi connectivity index (χ0) is 24.2. The van der Waals surface area contributed by atoms with Crippen LogP contribution in [0.4, 0.5) is 11.4 Å². The Labute approximate surface area is 203 Å². The van der Waals surface area contributed by atoms with E-state index in [1.807, 2.05) is 48.5 Å². The van der Waals surface area contributed by atoms with Gasteiger partial charge in [0.2, 0.25) is 0 Å². The maximum absolute atomic E-state index is 13.2. The van der Waals surface area contributed by atoms with Gasteiger partial charge in [0.25, 0.3) is 11.8 Å². The molecule has 35 heavy (non-hydrogen) atoms. The van der Waals surface area contributed by atoms with Crippen LogP contribution >= 0.6 is 0 Å². The van der Waals surface area contributed by atoms with Crippen molar-refractivity contribution in [1.29, 1.82) is 0 Å². The summed E-state index contributed by atoms with van der Waals surface area (Å²) in [6.45, 7) is 3.13. The van der Waals surface area contributed by atoms with Crippen LogP contribution in [-0.2, 0) is 16.0 Å². The molecule has 1 saturated heterocycles. The summed E-state index contributed by atoms with van der Waals surface area (Å²) in [5, 5.41) is 6.64. The zero-order valence-electron chi connectivity index (χ0n) is 19.6. The van der Waals surface area contributed by atoms with E-state index in [0.29, 0.717) is 30.2 Å². The minimum atomic E-state index is -0.857. The van der Waals surface area contributed by atoms with Crippen LogP contribution in [0.5, 0.6) is 5.75 Å². The van der Waals surface area contributed by atoms with Gasteiger partial charge in [-0.05, 0) is 30.2 Å². The number of nitrogens with zero attached hydrogens (tertiary/aromatic N) is 3. The first-order valence-electron chi connectivity index (χ1n) is 11.8. The molecule has 1 aromatic heterocycles. The Kier molecular flexibility index (Phi) is 6.67. The van der Waals surface area contributed by atoms with Crippen molar-refractivity contribution in [3.63, 3.8) is 0 Å². The van der Waals surface area contributed by atoms with E-state index in [1.54, 1.807) is 13.1 Å². The number of fused-ring (bicyclic) bond motifs is 1. The molecule has 0 bridgehead atoms. The standard InChI is InChI=1S/C26H28N4O5/c1-29-23-15-19(30-10-5-12-33-13-11-30)8-9-24(23)34-17-22(26(29)32)27-25(31)21-16-20(35-28-21)14-18-6-3-2-4-7-18/h2-4,6-9,15-16,22H,5,10-14,17H2,1H3,(H,27,31)/t22-/m0/s1. The average molecular weight is 477 g/mol. The van der Waals surface area contributed by atoms with E-state index >= 15 is 0 Å². The normalized spacial score (nSPS) is 18.3. The number of benzene rings is 2. The number of hydrogen-bond donors (Lipinski definition) is 1. The molecule has 1 fully saturated rings. The smallest absolute Gasteiger partial charge is 0.274 e. The molecule has 2 amide bonds. The fraction of sp³-hybridized carbons (Fsp3) is 0.346. The molecular weight excluding hydrogens is 448 g/mol. The molecule has 2 aromatic carbocycles. The largest absolute Gasteiger partial charge is 0.489 e. The molecular formula is C26H28N4O5. The number of ether oxygens (including phenoxy) is 2. The molecule has 3 aromatic rings. The van der Waals surface area contributed by atoms with Crippen molar-refractivity contribution in [3.05, 3.63) is 71.6 Å². The van der Waals surface area contributed by atoms with Gasteiger partial charge in [-0.25, -0.2) is 0 Å². The molecule has 9 heteroatoms. The lowest BCUT2D eigenvalue weighted by Crippen LogP contribution is -2.49. The van der Waals surface area contributed by atoms with E-state index in [9.17, 15) is 9.59 Å². The van der Waals surface area contributed by atoms with Crippen LogP contribution in [-0.4, -0.2) is 63.0 Å². The lowest BCUT2D eigenvalue weighted by atomic mass is 10.1. The Morgan fingerprint density at radius 3 is 2.83 bits per heavy atom. The van der Waals surface area contributed by atoms with Gasteiger partial charge in [0.15, 0.2) is 5.69 Å². The molecule has 182 valence electrons. The minimum Gasteiger partial charge on any atom is -0.489 e. The topological polar surface area (TPSA) is 97.1 Å². The molecule has 1 atom stereocenters. The molecule has 2 aliphatic heterocycles. The van der Waals surface area contributed by atoms with Crippen LogP contribution in [0.2, 0.25) is 0 Å². The molecule has 9 nitrogen and oxygen atoms in total. The summed E-state index contributed by atoms with van der Waals surface area (Å²) in [7, 11) is 1.69. The fourth-order valence-electron chi connectivity index (χ4n) is 4.32. The highest BCUT2D eigenvalue weighted by Crippen LogP contribution is 2.35. The van der Waals surface area contributed by atoms with Crippen molar-refractivity contribution in [2.75, 3.05) is 49.8 Å². The van der Waals surface area contributed by atoms with Crippen LogP contribution < -0.4 is 19.9 Å². The lowest BCUT2D eigenvalue weighted by Gasteiger charge is -2.25. The maximum atomic E-state index is 13.2. The minimum absolute atomic E-state index is 0.0214. The number of likely N-dealkylation sites (N-methyl/N-ethyl adjacent to an activating group) is 1. The second-order valence-electron chi connectivity index (χ2n) is 8.68. The van der Waals surface area contributed by atoms with Crippen molar-refractivity contribution < 1.29 is 23.6 Å². The van der Waals surface area contributed by atoms with Crippen LogP contribution in [0.1, 0.15) is 28.2 Å². The maximum Gasteiger partial charge on any atom is 0.274 e. The molecule has 3 heterocycles. The summed E-state index contributed by atoms with van der Waals surface area (Å²) < 4.78 is 16.8. The molecule has 0 saturated carbocycles. The first kappa shape index (κ1) is 22.9. The average Bonchev–Trinajstić information content (AvgIpc) is 3.12. The molecule has 0 radical (unpaired) electrons. The van der Waals surface area contributed by atoms with Crippen molar-refractivity contribution in [3.8, 4) is 5.75 Å². The monoisotopic (exact) mass is 476 g/mol. The number of amides is 2. The number of carbonyl (C=O) groups excluding carboxylic acids is 2. The second-order valence-corrected chi connectivity index (χ2v) is 8.68. The number of aromatic nitrogens is 1. The Bertz CT molecular complexity index is 1190. The summed E-state index contributed by atoms with van der Waals surface area (Å²) >= 11 is 0. The second kappa shape index (κ2) is 10.2. The number of anilines is 2. The van der Waals surface area contributed by atoms with E-state index in [1.165, 1.54) is 4.90 Å². The van der Waals surface area contributed by atoms with Crippen LogP contribution in [0.25, 0.3) is 0 Å². The molecule has 0 aliphatic carbocycles. The Hall–Kier alpha value is -3.85. The first-order chi connectivity index (χ1) is 17.1. The van der Waals surface area contributed by atoms with Crippen molar-refractivity contribution in [2.24, 2.45) is 0 Å². The Morgan fingerprint density at radius 1 is 1.11 bits per heavy atom. The van der Waals surface area contributed by atoms with Crippen molar-refractivity contribution in [1.82, 2.24) is 10.5 Å². The molecule has 2 aliphatic rings. The van der Waals surface area contributed by atoms with Gasteiger partial charge in [0.1, 0.15) is 24.2 Å². The van der Waals surface area contributed by atoms with Crippen LogP contribution in [0.3, 0.4) is 0 Å². The fourth-order valence-corrected chi connectivity index (χ4v) is 4.32. The van der Waals surface area contributed by atoms with E-state index in [-0.39, 0.29) is 18.2 Å². The predicted molar refractivity (Wildman–Crippen MR) is 130 cm³/mol. The van der Waals surface area contributed by atoms with Gasteiger partial charge in [-0.2, -0.15) is 0 Å². The summed E-state index contributed by atoms with van der Waals surface area (Å²) in [6, 6.07) is 16.3. The quantitative estimate of drug-likeness (QED) is 0.605. The molecule has 1 N–H and O–H groups in total. The third kappa shape index (κ3) is 5.14. The zero-order valence-corrected chi connectivity index (χ0v) is 19.6. The summed E-state index contributed by atoms with van der Waals surface area (Å²) in [6.07, 6.45) is 1.47. The summed E-state index contributed by atoms with van der Waals surface area (Å²) in [5.74, 6) is 0.417. The van der Waals surface area contributed by atoms with E-state index in [0.717, 1.165) is 37.4 Å². The van der Waals surface area contributed by atoms with Crippen LogP contribution in [0, 0.1) is 0 Å². The van der Waals surface area contributed by atoms with Gasteiger partial charge < -0.3 is 29.1 Å². The van der Waals surface area contributed by atoms with Gasteiger partial charge in [0, 0.05) is 44.9 Å². The van der Waals surface area contributed by atoms with Gasteiger partial charge in [0.05, 0.1) is 12.3 Å².